The fourth-order valence-corrected chi connectivity index (χ4v) is 3.23. The zero-order chi connectivity index (χ0) is 18.6. The fraction of sp³-hybridized carbons (Fsp3) is 1.00. The van der Waals surface area contributed by atoms with Gasteiger partial charge in [-0.2, -0.15) is 43.2 Å². The second kappa shape index (κ2) is 5.94. The summed E-state index contributed by atoms with van der Waals surface area (Å²) < 4.78 is 134. The van der Waals surface area contributed by atoms with Gasteiger partial charge < -0.3 is 9.47 Å². The maximum absolute atomic E-state index is 12.2. The lowest BCUT2D eigenvalue weighted by atomic mass is 10.1. The Labute approximate surface area is 130 Å². The molecule has 0 amide bonds. The average molecular weight is 410 g/mol. The molecule has 0 N–H and O–H groups in total. The number of fused-ring (bicyclic) bond motifs is 1. The van der Waals surface area contributed by atoms with E-state index in [0.717, 1.165) is 0 Å². The van der Waals surface area contributed by atoms with Gasteiger partial charge in [-0.25, -0.2) is 0 Å². The summed E-state index contributed by atoms with van der Waals surface area (Å²) in [5.74, 6) is 0. The molecule has 4 atom stereocenters. The second-order valence-electron chi connectivity index (χ2n) is 4.66. The third kappa shape index (κ3) is 3.62. The van der Waals surface area contributed by atoms with Crippen LogP contribution >= 0.6 is 0 Å². The van der Waals surface area contributed by atoms with E-state index in [0.29, 0.717) is 0 Å². The Kier molecular flexibility index (Phi) is 4.86. The van der Waals surface area contributed by atoms with Crippen molar-refractivity contribution in [1.29, 1.82) is 0 Å². The van der Waals surface area contributed by atoms with E-state index < -0.39 is 68.9 Å². The van der Waals surface area contributed by atoms with Crippen molar-refractivity contribution in [1.82, 2.24) is 0 Å². The Balaban J connectivity index is 2.08. The summed E-state index contributed by atoms with van der Waals surface area (Å²) in [5.41, 5.74) is -11.4. The van der Waals surface area contributed by atoms with E-state index in [1.165, 1.54) is 0 Å². The number of rotatable bonds is 4. The third-order valence-electron chi connectivity index (χ3n) is 3.03. The van der Waals surface area contributed by atoms with Crippen LogP contribution in [0.3, 0.4) is 0 Å². The van der Waals surface area contributed by atoms with Gasteiger partial charge in [-0.15, -0.1) is 0 Å². The summed E-state index contributed by atoms with van der Waals surface area (Å²) in [6, 6.07) is 0. The molecule has 0 unspecified atom stereocenters. The van der Waals surface area contributed by atoms with Crippen LogP contribution in [0.1, 0.15) is 0 Å². The molecule has 2 heterocycles. The van der Waals surface area contributed by atoms with E-state index in [-0.39, 0.29) is 0 Å². The standard InChI is InChI=1S/C8H8F6O8S2/c9-7(10,11)23(15,16)21-3-1-19-6-4(2-20-5(3)6)22-24(17,18)8(12,13)14/h3-6H,1-2H2/t3-,4+,5-,6-/m1/s1. The van der Waals surface area contributed by atoms with E-state index >= 15 is 0 Å². The highest BCUT2D eigenvalue weighted by molar-refractivity contribution is 7.87. The molecule has 142 valence electrons. The molecule has 2 aliphatic heterocycles. The first-order valence-corrected chi connectivity index (χ1v) is 8.70. The minimum absolute atomic E-state index is 0.781. The summed E-state index contributed by atoms with van der Waals surface area (Å²) in [5, 5.41) is 0. The maximum Gasteiger partial charge on any atom is 0.523 e. The lowest BCUT2D eigenvalue weighted by Crippen LogP contribution is -2.39. The Morgan fingerprint density at radius 3 is 1.25 bits per heavy atom. The number of halogens is 6. The molecule has 2 aliphatic rings. The highest BCUT2D eigenvalue weighted by Crippen LogP contribution is 2.36. The molecule has 2 saturated heterocycles. The van der Waals surface area contributed by atoms with Gasteiger partial charge in [0.1, 0.15) is 24.4 Å². The van der Waals surface area contributed by atoms with Gasteiger partial charge in [0, 0.05) is 0 Å². The topological polar surface area (TPSA) is 105 Å². The van der Waals surface area contributed by atoms with Gasteiger partial charge in [0.05, 0.1) is 13.2 Å². The van der Waals surface area contributed by atoms with Crippen molar-refractivity contribution in [3.8, 4) is 0 Å². The molecular formula is C8H8F6O8S2. The predicted octanol–water partition coefficient (Wildman–Crippen LogP) is 0.254. The Hall–Kier alpha value is -0.680. The quantitative estimate of drug-likeness (QED) is 0.369. The van der Waals surface area contributed by atoms with Crippen molar-refractivity contribution in [2.24, 2.45) is 0 Å². The molecule has 0 bridgehead atoms. The SMILES string of the molecule is O=S(=O)(O[C@H]1CO[C@H]2[C@@H]1OC[C@H]2OS(=O)(=O)C(F)(F)F)C(F)(F)F. The molecule has 2 fully saturated rings. The molecule has 8 nitrogen and oxygen atoms in total. The van der Waals surface area contributed by atoms with Crippen LogP contribution in [0.4, 0.5) is 26.3 Å². The Bertz CT molecular complexity index is 622. The summed E-state index contributed by atoms with van der Waals surface area (Å²) in [6.45, 7) is -1.56. The van der Waals surface area contributed by atoms with Crippen LogP contribution in [0.15, 0.2) is 0 Å². The molecule has 0 aromatic rings. The zero-order valence-electron chi connectivity index (χ0n) is 11.1. The predicted molar refractivity (Wildman–Crippen MR) is 59.2 cm³/mol. The van der Waals surface area contributed by atoms with E-state index in [4.69, 9.17) is 9.47 Å². The van der Waals surface area contributed by atoms with Gasteiger partial charge in [0.2, 0.25) is 0 Å². The Morgan fingerprint density at radius 2 is 1.00 bits per heavy atom. The number of hydrogen-bond acceptors (Lipinski definition) is 8. The molecule has 0 radical (unpaired) electrons. The van der Waals surface area contributed by atoms with Crippen LogP contribution in [0.25, 0.3) is 0 Å². The molecule has 16 heteroatoms. The van der Waals surface area contributed by atoms with Crippen molar-refractivity contribution in [2.75, 3.05) is 13.2 Å². The molecular weight excluding hydrogens is 402 g/mol. The van der Waals surface area contributed by atoms with Crippen molar-refractivity contribution in [3.05, 3.63) is 0 Å². The van der Waals surface area contributed by atoms with Gasteiger partial charge in [0.15, 0.2) is 0 Å². The summed E-state index contributed by atoms with van der Waals surface area (Å²) in [6.07, 6.45) is -6.72. The van der Waals surface area contributed by atoms with Crippen LogP contribution in [0.2, 0.25) is 0 Å². The summed E-state index contributed by atoms with van der Waals surface area (Å²) >= 11 is 0. The minimum atomic E-state index is -5.99. The summed E-state index contributed by atoms with van der Waals surface area (Å²) in [4.78, 5) is 0. The van der Waals surface area contributed by atoms with Crippen molar-refractivity contribution in [3.63, 3.8) is 0 Å². The smallest absolute Gasteiger partial charge is 0.370 e. The average Bonchev–Trinajstić information content (AvgIpc) is 2.90. The lowest BCUT2D eigenvalue weighted by Gasteiger charge is -2.18. The van der Waals surface area contributed by atoms with Gasteiger partial charge >= 0.3 is 31.3 Å². The van der Waals surface area contributed by atoms with Gasteiger partial charge in [-0.3, -0.25) is 8.37 Å². The van der Waals surface area contributed by atoms with Gasteiger partial charge in [-0.1, -0.05) is 0 Å². The fourth-order valence-electron chi connectivity index (χ4n) is 2.03. The number of alkyl halides is 6. The van der Waals surface area contributed by atoms with E-state index in [1.54, 1.807) is 0 Å². The normalized spacial score (nSPS) is 32.1. The van der Waals surface area contributed by atoms with Crippen LogP contribution in [-0.4, -0.2) is 65.5 Å². The van der Waals surface area contributed by atoms with Crippen molar-refractivity contribution >= 4 is 20.2 Å². The highest BCUT2D eigenvalue weighted by atomic mass is 32.2. The van der Waals surface area contributed by atoms with Crippen LogP contribution in [0.5, 0.6) is 0 Å². The lowest BCUT2D eigenvalue weighted by molar-refractivity contribution is -0.0651. The number of ether oxygens (including phenoxy) is 2. The van der Waals surface area contributed by atoms with Crippen LogP contribution in [0, 0.1) is 0 Å². The molecule has 0 spiro atoms. The molecule has 2 rings (SSSR count). The summed E-state index contributed by atoms with van der Waals surface area (Å²) in [7, 11) is -12.0. The molecule has 0 aromatic carbocycles. The first-order valence-electron chi connectivity index (χ1n) is 5.88. The van der Waals surface area contributed by atoms with Gasteiger partial charge in [-0.05, 0) is 0 Å². The highest BCUT2D eigenvalue weighted by Gasteiger charge is 2.57. The molecule has 0 saturated carbocycles. The first kappa shape index (κ1) is 19.6. The molecule has 0 aromatic heterocycles. The van der Waals surface area contributed by atoms with E-state index in [1.807, 2.05) is 0 Å². The third-order valence-corrected chi connectivity index (χ3v) is 5.17. The monoisotopic (exact) mass is 410 g/mol. The van der Waals surface area contributed by atoms with Crippen LogP contribution < -0.4 is 0 Å². The molecule has 0 aliphatic carbocycles. The first-order chi connectivity index (χ1) is 10.7. The molecule has 24 heavy (non-hydrogen) atoms. The van der Waals surface area contributed by atoms with E-state index in [9.17, 15) is 43.2 Å². The second-order valence-corrected chi connectivity index (χ2v) is 7.79. The van der Waals surface area contributed by atoms with Crippen LogP contribution in [-0.2, 0) is 38.1 Å². The largest absolute Gasteiger partial charge is 0.523 e. The number of hydrogen-bond donors (Lipinski definition) is 0. The van der Waals surface area contributed by atoms with E-state index in [2.05, 4.69) is 8.37 Å². The minimum Gasteiger partial charge on any atom is -0.370 e. The maximum atomic E-state index is 12.2. The Morgan fingerprint density at radius 1 is 0.708 bits per heavy atom. The zero-order valence-corrected chi connectivity index (χ0v) is 12.7. The van der Waals surface area contributed by atoms with Crippen molar-refractivity contribution in [2.45, 2.75) is 35.4 Å². The van der Waals surface area contributed by atoms with Gasteiger partial charge in [0.25, 0.3) is 0 Å². The van der Waals surface area contributed by atoms with Crippen molar-refractivity contribution < 1.29 is 61.0 Å².